The summed E-state index contributed by atoms with van der Waals surface area (Å²) < 4.78 is 0. The summed E-state index contributed by atoms with van der Waals surface area (Å²) >= 11 is 1.35. The third kappa shape index (κ3) is 3.44. The van der Waals surface area contributed by atoms with Gasteiger partial charge >= 0.3 is 0 Å². The molecule has 4 aromatic rings. The van der Waals surface area contributed by atoms with Crippen molar-refractivity contribution in [3.05, 3.63) is 82.0 Å². The Morgan fingerprint density at radius 3 is 2.83 bits per heavy atom. The van der Waals surface area contributed by atoms with Crippen molar-refractivity contribution in [1.82, 2.24) is 9.97 Å². The maximum atomic E-state index is 12.8. The number of aromatic nitrogens is 2. The van der Waals surface area contributed by atoms with E-state index in [0.29, 0.717) is 22.3 Å². The number of nitrogen functional groups attached to an aromatic ring is 1. The van der Waals surface area contributed by atoms with Crippen LogP contribution in [0.25, 0.3) is 10.2 Å². The molecule has 30 heavy (non-hydrogen) atoms. The van der Waals surface area contributed by atoms with Crippen molar-refractivity contribution in [2.24, 2.45) is 0 Å². The zero-order valence-corrected chi connectivity index (χ0v) is 17.5. The third-order valence-corrected chi connectivity index (χ3v) is 6.83. The van der Waals surface area contributed by atoms with E-state index in [1.165, 1.54) is 22.5 Å². The smallest absolute Gasteiger partial charge is 0.269 e. The molecule has 0 saturated heterocycles. The van der Waals surface area contributed by atoms with Gasteiger partial charge < -0.3 is 11.1 Å². The monoisotopic (exact) mass is 414 g/mol. The molecule has 1 unspecified atom stereocenters. The lowest BCUT2D eigenvalue weighted by Crippen LogP contribution is -2.14. The molecule has 0 aliphatic heterocycles. The number of carbonyl (C=O) groups is 1. The van der Waals surface area contributed by atoms with E-state index in [2.05, 4.69) is 46.7 Å². The number of rotatable bonds is 3. The van der Waals surface area contributed by atoms with Crippen LogP contribution >= 0.6 is 11.3 Å². The summed E-state index contributed by atoms with van der Waals surface area (Å²) in [5.74, 6) is 0.775. The van der Waals surface area contributed by atoms with Crippen molar-refractivity contribution in [1.29, 1.82) is 0 Å². The average Bonchev–Trinajstić information content (AvgIpc) is 3.08. The van der Waals surface area contributed by atoms with Gasteiger partial charge in [-0.3, -0.25) is 4.79 Å². The van der Waals surface area contributed by atoms with Gasteiger partial charge in [0.05, 0.1) is 5.69 Å². The van der Waals surface area contributed by atoms with Crippen molar-refractivity contribution in [3.8, 4) is 0 Å². The first-order valence-corrected chi connectivity index (χ1v) is 10.9. The number of hydrogen-bond acceptors (Lipinski definition) is 5. The second-order valence-electron chi connectivity index (χ2n) is 7.81. The van der Waals surface area contributed by atoms with Crippen LogP contribution in [0.4, 0.5) is 11.5 Å². The Kier molecular flexibility index (Phi) is 4.71. The van der Waals surface area contributed by atoms with Crippen molar-refractivity contribution in [2.75, 3.05) is 11.1 Å². The van der Waals surface area contributed by atoms with E-state index in [-0.39, 0.29) is 5.91 Å². The minimum absolute atomic E-state index is 0.242. The molecule has 5 rings (SSSR count). The Labute approximate surface area is 179 Å². The van der Waals surface area contributed by atoms with Crippen molar-refractivity contribution >= 4 is 39.0 Å². The highest BCUT2D eigenvalue weighted by Crippen LogP contribution is 2.38. The summed E-state index contributed by atoms with van der Waals surface area (Å²) in [6, 6.07) is 16.5. The highest BCUT2D eigenvalue weighted by molar-refractivity contribution is 7.21. The number of anilines is 2. The second-order valence-corrected chi connectivity index (χ2v) is 8.81. The van der Waals surface area contributed by atoms with E-state index in [4.69, 9.17) is 10.7 Å². The highest BCUT2D eigenvalue weighted by Gasteiger charge is 2.24. The fraction of sp³-hybridized carbons (Fsp3) is 0.208. The number of aryl methyl sites for hydroxylation is 2. The van der Waals surface area contributed by atoms with Crippen LogP contribution in [0.5, 0.6) is 0 Å². The summed E-state index contributed by atoms with van der Waals surface area (Å²) in [6.07, 6.45) is 4.66. The van der Waals surface area contributed by atoms with Gasteiger partial charge in [0.15, 0.2) is 0 Å². The minimum Gasteiger partial charge on any atom is -0.397 e. The number of amides is 1. The van der Waals surface area contributed by atoms with Crippen LogP contribution in [-0.4, -0.2) is 15.9 Å². The predicted molar refractivity (Wildman–Crippen MR) is 122 cm³/mol. The molecule has 0 saturated carbocycles. The molecule has 0 radical (unpaired) electrons. The molecule has 1 atom stereocenters. The van der Waals surface area contributed by atoms with Gasteiger partial charge in [-0.25, -0.2) is 9.97 Å². The molecule has 3 N–H and O–H groups in total. The van der Waals surface area contributed by atoms with Gasteiger partial charge in [-0.1, -0.05) is 30.3 Å². The maximum Gasteiger partial charge on any atom is 0.269 e. The largest absolute Gasteiger partial charge is 0.397 e. The highest BCUT2D eigenvalue weighted by atomic mass is 32.1. The van der Waals surface area contributed by atoms with Crippen LogP contribution in [0.1, 0.15) is 44.4 Å². The zero-order chi connectivity index (χ0) is 20.7. The number of hydrogen-bond donors (Lipinski definition) is 2. The molecule has 1 amide bonds. The molecule has 3 aromatic heterocycles. The van der Waals surface area contributed by atoms with Gasteiger partial charge in [-0.2, -0.15) is 0 Å². The van der Waals surface area contributed by atoms with Crippen LogP contribution in [0.3, 0.4) is 0 Å². The lowest BCUT2D eigenvalue weighted by molar-refractivity contribution is 0.103. The quantitative estimate of drug-likeness (QED) is 0.488. The molecule has 1 aromatic carbocycles. The molecular weight excluding hydrogens is 392 g/mol. The Balaban J connectivity index is 1.46. The Bertz CT molecular complexity index is 1250. The number of pyridine rings is 2. The fourth-order valence-corrected chi connectivity index (χ4v) is 5.14. The van der Waals surface area contributed by atoms with E-state index in [0.717, 1.165) is 40.7 Å². The lowest BCUT2D eigenvalue weighted by atomic mass is 9.82. The van der Waals surface area contributed by atoms with E-state index in [1.807, 2.05) is 19.1 Å². The number of nitrogens with one attached hydrogen (secondary N) is 1. The Hall–Kier alpha value is -3.25. The summed E-state index contributed by atoms with van der Waals surface area (Å²) in [5.41, 5.74) is 11.7. The van der Waals surface area contributed by atoms with Gasteiger partial charge in [-0.15, -0.1) is 11.3 Å². The lowest BCUT2D eigenvalue weighted by Gasteiger charge is -2.24. The van der Waals surface area contributed by atoms with Crippen LogP contribution in [0, 0.1) is 6.92 Å². The van der Waals surface area contributed by atoms with Gasteiger partial charge in [0, 0.05) is 17.3 Å². The molecule has 1 aliphatic rings. The molecule has 1 aliphatic carbocycles. The van der Waals surface area contributed by atoms with Gasteiger partial charge in [-0.05, 0) is 67.0 Å². The number of thiophene rings is 1. The molecule has 0 fully saturated rings. The summed E-state index contributed by atoms with van der Waals surface area (Å²) in [7, 11) is 0. The molecule has 0 bridgehead atoms. The number of nitrogens with zero attached hydrogens (tertiary/aromatic N) is 2. The Morgan fingerprint density at radius 2 is 2.03 bits per heavy atom. The molecular formula is C24H22N4OS. The number of fused-ring (bicyclic) bond motifs is 2. The SMILES string of the molecule is Cc1ccnc(NC(=O)c2sc3nc4c(cc3c2N)CC(c2ccccc2)CC4)c1. The topological polar surface area (TPSA) is 80.9 Å². The normalized spacial score (nSPS) is 15.7. The van der Waals surface area contributed by atoms with E-state index in [9.17, 15) is 4.79 Å². The van der Waals surface area contributed by atoms with E-state index < -0.39 is 0 Å². The van der Waals surface area contributed by atoms with Crippen molar-refractivity contribution in [2.45, 2.75) is 32.1 Å². The number of carbonyl (C=O) groups excluding carboxylic acids is 1. The van der Waals surface area contributed by atoms with Crippen LogP contribution in [0.2, 0.25) is 0 Å². The summed E-state index contributed by atoms with van der Waals surface area (Å²) in [6.45, 7) is 1.96. The first kappa shape index (κ1) is 18.8. The predicted octanol–water partition coefficient (Wildman–Crippen LogP) is 5.11. The van der Waals surface area contributed by atoms with Crippen molar-refractivity contribution in [3.63, 3.8) is 0 Å². The number of benzene rings is 1. The summed E-state index contributed by atoms with van der Waals surface area (Å²) in [5, 5.41) is 3.72. The molecule has 150 valence electrons. The molecule has 0 spiro atoms. The minimum atomic E-state index is -0.242. The van der Waals surface area contributed by atoms with Gasteiger partial charge in [0.1, 0.15) is 15.5 Å². The standard InChI is InChI=1S/C24H22N4OS/c1-14-9-10-26-20(11-14)28-23(29)22-21(25)18-13-17-12-16(15-5-3-2-4-6-15)7-8-19(17)27-24(18)30-22/h2-6,9-11,13,16H,7-8,12,25H2,1H3,(H,26,28,29). The van der Waals surface area contributed by atoms with Gasteiger partial charge in [0.25, 0.3) is 5.91 Å². The van der Waals surface area contributed by atoms with Gasteiger partial charge in [0.2, 0.25) is 0 Å². The maximum absolute atomic E-state index is 12.8. The fourth-order valence-electron chi connectivity index (χ4n) is 4.15. The average molecular weight is 415 g/mol. The van der Waals surface area contributed by atoms with Crippen LogP contribution in [-0.2, 0) is 12.8 Å². The van der Waals surface area contributed by atoms with Crippen LogP contribution in [0.15, 0.2) is 54.7 Å². The first-order chi connectivity index (χ1) is 14.6. The first-order valence-electron chi connectivity index (χ1n) is 10.1. The Morgan fingerprint density at radius 1 is 1.20 bits per heavy atom. The van der Waals surface area contributed by atoms with Crippen molar-refractivity contribution < 1.29 is 4.79 Å². The van der Waals surface area contributed by atoms with E-state index in [1.54, 1.807) is 6.20 Å². The zero-order valence-electron chi connectivity index (χ0n) is 16.7. The third-order valence-electron chi connectivity index (χ3n) is 5.72. The molecule has 5 nitrogen and oxygen atoms in total. The van der Waals surface area contributed by atoms with E-state index >= 15 is 0 Å². The summed E-state index contributed by atoms with van der Waals surface area (Å²) in [4.78, 5) is 23.2. The molecule has 6 heteroatoms. The van der Waals surface area contributed by atoms with Crippen LogP contribution < -0.4 is 11.1 Å². The molecule has 3 heterocycles. The number of nitrogens with two attached hydrogens (primary N) is 1. The second kappa shape index (κ2) is 7.54.